The molecule has 2 N–H and O–H groups in total. The lowest BCUT2D eigenvalue weighted by atomic mass is 10.3. The Bertz CT molecular complexity index is 308. The number of carbonyl (C=O) groups is 1. The number of aliphatic hydroxyl groups excluding tert-OH is 1. The number of carboxylic acids is 1. The summed E-state index contributed by atoms with van der Waals surface area (Å²) in [4.78, 5) is 14.0. The smallest absolute Gasteiger partial charge is 0.354 e. The fourth-order valence-electron chi connectivity index (χ4n) is 0.673. The van der Waals surface area contributed by atoms with Gasteiger partial charge in [0.05, 0.1) is 0 Å². The highest BCUT2D eigenvalue weighted by Crippen LogP contribution is 1.99. The molecule has 12 heavy (non-hydrogen) atoms. The number of carboxylic acid groups (broad SMARTS) is 1. The van der Waals surface area contributed by atoms with Crippen molar-refractivity contribution in [3.8, 4) is 0 Å². The van der Waals surface area contributed by atoms with Crippen molar-refractivity contribution in [1.82, 2.24) is 4.98 Å². The van der Waals surface area contributed by atoms with Crippen molar-refractivity contribution in [2.75, 3.05) is 0 Å². The number of aromatic carboxylic acids is 1. The van der Waals surface area contributed by atoms with E-state index in [9.17, 15) is 4.79 Å². The highest BCUT2D eigenvalue weighted by Gasteiger charge is 2.06. The minimum Gasteiger partial charge on any atom is -0.497 e. The topological polar surface area (TPSA) is 70.4 Å². The van der Waals surface area contributed by atoms with Gasteiger partial charge in [-0.3, -0.25) is 0 Å². The molecule has 1 aromatic heterocycles. The number of pyridine rings is 1. The molecule has 0 aromatic carbocycles. The third-order valence-electron chi connectivity index (χ3n) is 1.19. The van der Waals surface area contributed by atoms with Crippen molar-refractivity contribution in [3.05, 3.63) is 29.6 Å². The summed E-state index contributed by atoms with van der Waals surface area (Å²) in [6.45, 7) is 0. The quantitative estimate of drug-likeness (QED) is 0.669. The van der Waals surface area contributed by atoms with Crippen LogP contribution in [0, 0.1) is 0 Å². The lowest BCUT2D eigenvalue weighted by molar-refractivity contribution is 0.0690. The van der Waals surface area contributed by atoms with Crippen molar-refractivity contribution in [3.63, 3.8) is 0 Å². The van der Waals surface area contributed by atoms with E-state index in [0.29, 0.717) is 0 Å². The van der Waals surface area contributed by atoms with Crippen molar-refractivity contribution in [2.24, 2.45) is 0 Å². The minimum absolute atomic E-state index is 0.102. The second kappa shape index (κ2) is 3.27. The first-order chi connectivity index (χ1) is 5.61. The van der Waals surface area contributed by atoms with E-state index in [-0.39, 0.29) is 11.4 Å². The lowest BCUT2D eigenvalue weighted by Gasteiger charge is -1.96. The highest BCUT2D eigenvalue weighted by atomic mass is 32.1. The zero-order valence-corrected chi connectivity index (χ0v) is 6.71. The fraction of sp³-hybridized carbons (Fsp3) is 0. The van der Waals surface area contributed by atoms with Crippen molar-refractivity contribution < 1.29 is 15.0 Å². The number of hydrogen-bond acceptors (Lipinski definition) is 3. The molecule has 0 atom stereocenters. The van der Waals surface area contributed by atoms with Crippen molar-refractivity contribution in [1.29, 1.82) is 0 Å². The van der Waals surface area contributed by atoms with Crippen LogP contribution >= 0.6 is 12.2 Å². The number of aliphatic hydroxyl groups is 1. The molecule has 4 nitrogen and oxygen atoms in total. The summed E-state index contributed by atoms with van der Waals surface area (Å²) in [6, 6.07) is 4.23. The van der Waals surface area contributed by atoms with Gasteiger partial charge in [-0.25, -0.2) is 9.78 Å². The summed E-state index contributed by atoms with van der Waals surface area (Å²) in [5, 5.41) is 16.9. The fourth-order valence-corrected chi connectivity index (χ4v) is 0.787. The molecule has 0 aliphatic heterocycles. The molecule has 0 saturated heterocycles. The van der Waals surface area contributed by atoms with E-state index in [4.69, 9.17) is 10.2 Å². The molecule has 0 amide bonds. The van der Waals surface area contributed by atoms with E-state index in [1.54, 1.807) is 0 Å². The second-order valence-corrected chi connectivity index (χ2v) is 2.41. The standard InChI is InChI=1S/C7H5NO3S/c9-6(10)4-2-1-3-5(8-4)7(11)12/h1-3H,(H,9,10)(H,11,12). The first-order valence-electron chi connectivity index (χ1n) is 3.05. The number of aromatic nitrogens is 1. The minimum atomic E-state index is -1.15. The van der Waals surface area contributed by atoms with Gasteiger partial charge in [0.15, 0.2) is 0 Å². The van der Waals surface area contributed by atoms with E-state index in [1.807, 2.05) is 0 Å². The van der Waals surface area contributed by atoms with Crippen LogP contribution < -0.4 is 0 Å². The molecular weight excluding hydrogens is 178 g/mol. The summed E-state index contributed by atoms with van der Waals surface area (Å²) in [5.74, 6) is -1.15. The van der Waals surface area contributed by atoms with Crippen molar-refractivity contribution in [2.45, 2.75) is 0 Å². The third kappa shape index (κ3) is 1.76. The van der Waals surface area contributed by atoms with Gasteiger partial charge in [-0.2, -0.15) is 0 Å². The van der Waals surface area contributed by atoms with E-state index >= 15 is 0 Å². The van der Waals surface area contributed by atoms with E-state index in [0.717, 1.165) is 0 Å². The number of hydrogen-bond donors (Lipinski definition) is 2. The molecular formula is C7H5NO3S. The van der Waals surface area contributed by atoms with Gasteiger partial charge in [0.2, 0.25) is 5.05 Å². The summed E-state index contributed by atoms with van der Waals surface area (Å²) in [5.41, 5.74) is -0.0335. The average Bonchev–Trinajstić information content (AvgIpc) is 2.04. The monoisotopic (exact) mass is 183 g/mol. The van der Waals surface area contributed by atoms with Gasteiger partial charge in [0.1, 0.15) is 11.4 Å². The Balaban J connectivity index is 3.12. The Morgan fingerprint density at radius 3 is 2.42 bits per heavy atom. The van der Waals surface area contributed by atoms with Crippen LogP contribution in [0.25, 0.3) is 0 Å². The predicted octanol–water partition coefficient (Wildman–Crippen LogP) is 1.01. The summed E-state index contributed by atoms with van der Waals surface area (Å²) in [7, 11) is 0. The molecule has 0 bridgehead atoms. The average molecular weight is 183 g/mol. The van der Waals surface area contributed by atoms with Gasteiger partial charge in [-0.1, -0.05) is 6.07 Å². The molecule has 62 valence electrons. The maximum Gasteiger partial charge on any atom is 0.354 e. The molecule has 1 rings (SSSR count). The van der Waals surface area contributed by atoms with Crippen LogP contribution in [0.5, 0.6) is 0 Å². The van der Waals surface area contributed by atoms with Gasteiger partial charge in [-0.05, 0) is 24.4 Å². The van der Waals surface area contributed by atoms with E-state index in [2.05, 4.69) is 17.2 Å². The normalized spacial score (nSPS) is 9.33. The predicted molar refractivity (Wildman–Crippen MR) is 45.5 cm³/mol. The Morgan fingerprint density at radius 1 is 1.33 bits per heavy atom. The van der Waals surface area contributed by atoms with Crippen LogP contribution in [0.4, 0.5) is 0 Å². The maximum atomic E-state index is 10.4. The zero-order valence-electron chi connectivity index (χ0n) is 5.89. The summed E-state index contributed by atoms with van der Waals surface area (Å²) in [6.07, 6.45) is 0. The molecule has 0 saturated carbocycles. The van der Waals surface area contributed by atoms with Gasteiger partial charge in [0.25, 0.3) is 0 Å². The molecule has 1 heterocycles. The molecule has 0 radical (unpaired) electrons. The molecule has 1 aromatic rings. The Morgan fingerprint density at radius 2 is 1.92 bits per heavy atom. The molecule has 0 aliphatic rings. The van der Waals surface area contributed by atoms with Crippen LogP contribution in [0.3, 0.4) is 0 Å². The zero-order chi connectivity index (χ0) is 9.14. The third-order valence-corrected chi connectivity index (χ3v) is 1.40. The first kappa shape index (κ1) is 8.61. The molecule has 0 fully saturated rings. The van der Waals surface area contributed by atoms with Crippen LogP contribution in [-0.2, 0) is 0 Å². The Hall–Kier alpha value is -1.49. The number of nitrogens with zero attached hydrogens (tertiary/aromatic N) is 1. The number of rotatable bonds is 2. The Kier molecular flexibility index (Phi) is 2.35. The molecule has 0 aliphatic carbocycles. The summed E-state index contributed by atoms with van der Waals surface area (Å²) < 4.78 is 0. The van der Waals surface area contributed by atoms with Crippen LogP contribution in [0.15, 0.2) is 18.2 Å². The molecule has 0 unspecified atom stereocenters. The van der Waals surface area contributed by atoms with Crippen LogP contribution in [0.2, 0.25) is 0 Å². The van der Waals surface area contributed by atoms with Crippen LogP contribution in [-0.4, -0.2) is 26.2 Å². The van der Waals surface area contributed by atoms with E-state index < -0.39 is 11.0 Å². The molecule has 0 spiro atoms. The van der Waals surface area contributed by atoms with Gasteiger partial charge < -0.3 is 10.2 Å². The SMILES string of the molecule is O=C(O)c1cccc(C(O)=S)n1. The lowest BCUT2D eigenvalue weighted by Crippen LogP contribution is -2.05. The number of thiocarbonyl (C=S) groups is 1. The van der Waals surface area contributed by atoms with E-state index in [1.165, 1.54) is 18.2 Å². The van der Waals surface area contributed by atoms with Crippen molar-refractivity contribution >= 4 is 23.2 Å². The maximum absolute atomic E-state index is 10.4. The largest absolute Gasteiger partial charge is 0.497 e. The first-order valence-corrected chi connectivity index (χ1v) is 3.45. The second-order valence-electron chi connectivity index (χ2n) is 2.02. The van der Waals surface area contributed by atoms with Gasteiger partial charge in [0, 0.05) is 0 Å². The Labute approximate surface area is 73.5 Å². The van der Waals surface area contributed by atoms with Gasteiger partial charge >= 0.3 is 5.97 Å². The highest BCUT2D eigenvalue weighted by molar-refractivity contribution is 7.80. The molecule has 5 heteroatoms. The van der Waals surface area contributed by atoms with Gasteiger partial charge in [-0.15, -0.1) is 0 Å². The van der Waals surface area contributed by atoms with Crippen LogP contribution in [0.1, 0.15) is 16.2 Å². The summed E-state index contributed by atoms with van der Waals surface area (Å²) >= 11 is 4.41.